The molecule has 0 saturated carbocycles. The summed E-state index contributed by atoms with van der Waals surface area (Å²) in [6.07, 6.45) is 1.37. The minimum Gasteiger partial charge on any atom is -0.486 e. The Labute approximate surface area is 152 Å². The Morgan fingerprint density at radius 2 is 1.89 bits per heavy atom. The highest BCUT2D eigenvalue weighted by atomic mass is 16.6. The lowest BCUT2D eigenvalue weighted by Gasteiger charge is -2.19. The molecule has 3 aromatic rings. The van der Waals surface area contributed by atoms with Crippen molar-refractivity contribution in [2.75, 3.05) is 18.5 Å². The van der Waals surface area contributed by atoms with Gasteiger partial charge >= 0.3 is 5.69 Å². The van der Waals surface area contributed by atoms with Crippen molar-refractivity contribution in [3.8, 4) is 11.5 Å². The van der Waals surface area contributed by atoms with Crippen LogP contribution in [0.1, 0.15) is 0 Å². The standard InChI is InChI=1S/C17H17N5O5/c1-20-15-14(16(24)21(2)17(20)25)22(9-18-15)8-13(23)19-10-3-4-11-12(7-10)27-6-5-26-11/h3-4,7,9H,5-6,8H2,1-2H3,(H,19,23). The molecule has 0 spiro atoms. The van der Waals surface area contributed by atoms with Gasteiger partial charge in [-0.3, -0.25) is 18.7 Å². The summed E-state index contributed by atoms with van der Waals surface area (Å²) in [5, 5.41) is 2.75. The van der Waals surface area contributed by atoms with Crippen LogP contribution in [0.15, 0.2) is 34.1 Å². The number of benzene rings is 1. The average molecular weight is 371 g/mol. The van der Waals surface area contributed by atoms with Crippen molar-refractivity contribution in [2.45, 2.75) is 6.54 Å². The first kappa shape index (κ1) is 16.9. The van der Waals surface area contributed by atoms with E-state index in [1.807, 2.05) is 0 Å². The summed E-state index contributed by atoms with van der Waals surface area (Å²) in [6.45, 7) is 0.815. The molecule has 0 aliphatic carbocycles. The maximum Gasteiger partial charge on any atom is 0.332 e. The lowest BCUT2D eigenvalue weighted by Crippen LogP contribution is -2.37. The van der Waals surface area contributed by atoms with Gasteiger partial charge in [0, 0.05) is 25.8 Å². The van der Waals surface area contributed by atoms with Gasteiger partial charge in [0.05, 0.1) is 6.33 Å². The van der Waals surface area contributed by atoms with Gasteiger partial charge in [-0.2, -0.15) is 0 Å². The topological polar surface area (TPSA) is 109 Å². The zero-order valence-corrected chi connectivity index (χ0v) is 14.8. The molecule has 0 radical (unpaired) electrons. The van der Waals surface area contributed by atoms with Crippen molar-refractivity contribution in [3.05, 3.63) is 45.4 Å². The maximum absolute atomic E-state index is 12.4. The molecule has 0 fully saturated rings. The number of aromatic nitrogens is 4. The molecule has 4 rings (SSSR count). The van der Waals surface area contributed by atoms with Crippen LogP contribution in [0, 0.1) is 0 Å². The highest BCUT2D eigenvalue weighted by Gasteiger charge is 2.17. The summed E-state index contributed by atoms with van der Waals surface area (Å²) in [4.78, 5) is 40.9. The fraction of sp³-hybridized carbons (Fsp3) is 0.294. The number of aryl methyl sites for hydroxylation is 1. The minimum atomic E-state index is -0.502. The zero-order valence-electron chi connectivity index (χ0n) is 14.8. The summed E-state index contributed by atoms with van der Waals surface area (Å²) in [5.74, 6) is 0.849. The van der Waals surface area contributed by atoms with Gasteiger partial charge in [0.1, 0.15) is 19.8 Å². The largest absolute Gasteiger partial charge is 0.486 e. The first-order valence-electron chi connectivity index (χ1n) is 8.26. The van der Waals surface area contributed by atoms with Crippen LogP contribution >= 0.6 is 0 Å². The number of carbonyl (C=O) groups is 1. The number of rotatable bonds is 3. The number of fused-ring (bicyclic) bond motifs is 2. The van der Waals surface area contributed by atoms with Crippen molar-refractivity contribution in [1.29, 1.82) is 0 Å². The molecular weight excluding hydrogens is 354 g/mol. The summed E-state index contributed by atoms with van der Waals surface area (Å²) in [6, 6.07) is 5.11. The predicted molar refractivity (Wildman–Crippen MR) is 96.3 cm³/mol. The molecule has 27 heavy (non-hydrogen) atoms. The quantitative estimate of drug-likeness (QED) is 0.685. The highest BCUT2D eigenvalue weighted by Crippen LogP contribution is 2.32. The number of carbonyl (C=O) groups excluding carboxylic acids is 1. The summed E-state index contributed by atoms with van der Waals surface area (Å²) < 4.78 is 14.6. The van der Waals surface area contributed by atoms with Crippen molar-refractivity contribution in [1.82, 2.24) is 18.7 Å². The van der Waals surface area contributed by atoms with E-state index in [0.29, 0.717) is 30.4 Å². The summed E-state index contributed by atoms with van der Waals surface area (Å²) in [5.41, 5.74) is -0.00247. The van der Waals surface area contributed by atoms with Gasteiger partial charge in [-0.25, -0.2) is 9.78 Å². The number of amides is 1. The lowest BCUT2D eigenvalue weighted by molar-refractivity contribution is -0.116. The van der Waals surface area contributed by atoms with E-state index in [0.717, 1.165) is 4.57 Å². The van der Waals surface area contributed by atoms with E-state index in [2.05, 4.69) is 10.3 Å². The van der Waals surface area contributed by atoms with Gasteiger partial charge in [-0.1, -0.05) is 0 Å². The third kappa shape index (κ3) is 2.84. The van der Waals surface area contributed by atoms with Crippen LogP contribution in [0.5, 0.6) is 11.5 Å². The van der Waals surface area contributed by atoms with Crippen molar-refractivity contribution >= 4 is 22.8 Å². The van der Waals surface area contributed by atoms with Gasteiger partial charge in [0.2, 0.25) is 5.91 Å². The number of hydrogen-bond acceptors (Lipinski definition) is 6. The number of ether oxygens (including phenoxy) is 2. The fourth-order valence-electron chi connectivity index (χ4n) is 2.99. The van der Waals surface area contributed by atoms with Gasteiger partial charge in [0.15, 0.2) is 22.7 Å². The van der Waals surface area contributed by atoms with Crippen LogP contribution < -0.4 is 26.0 Å². The monoisotopic (exact) mass is 371 g/mol. The maximum atomic E-state index is 12.4. The van der Waals surface area contributed by atoms with Crippen LogP contribution in [0.2, 0.25) is 0 Å². The van der Waals surface area contributed by atoms with Crippen LogP contribution in [0.25, 0.3) is 11.2 Å². The molecule has 0 unspecified atom stereocenters. The molecule has 1 aromatic carbocycles. The first-order chi connectivity index (χ1) is 13.0. The van der Waals surface area contributed by atoms with Crippen molar-refractivity contribution in [3.63, 3.8) is 0 Å². The first-order valence-corrected chi connectivity index (χ1v) is 8.26. The van der Waals surface area contributed by atoms with Crippen LogP contribution in [-0.2, 0) is 25.4 Å². The zero-order chi connectivity index (χ0) is 19.1. The Kier molecular flexibility index (Phi) is 3.94. The molecule has 0 saturated heterocycles. The van der Waals surface area contributed by atoms with Crippen LogP contribution in [0.4, 0.5) is 5.69 Å². The molecule has 0 atom stereocenters. The molecule has 2 aromatic heterocycles. The van der Waals surface area contributed by atoms with E-state index in [9.17, 15) is 14.4 Å². The molecule has 10 nitrogen and oxygen atoms in total. The molecule has 140 valence electrons. The number of nitrogens with one attached hydrogen (secondary N) is 1. The summed E-state index contributed by atoms with van der Waals surface area (Å²) in [7, 11) is 2.91. The molecule has 1 aliphatic heterocycles. The summed E-state index contributed by atoms with van der Waals surface area (Å²) >= 11 is 0. The van der Waals surface area contributed by atoms with Crippen LogP contribution in [-0.4, -0.2) is 37.8 Å². The van der Waals surface area contributed by atoms with Gasteiger partial charge in [-0.05, 0) is 12.1 Å². The second-order valence-electron chi connectivity index (χ2n) is 6.16. The Balaban J connectivity index is 1.60. The van der Waals surface area contributed by atoms with E-state index in [-0.39, 0.29) is 23.6 Å². The molecule has 10 heteroatoms. The molecule has 1 N–H and O–H groups in total. The third-order valence-electron chi connectivity index (χ3n) is 4.36. The Hall–Kier alpha value is -3.56. The number of nitrogens with zero attached hydrogens (tertiary/aromatic N) is 4. The van der Waals surface area contributed by atoms with Crippen molar-refractivity contribution < 1.29 is 14.3 Å². The number of hydrogen-bond donors (Lipinski definition) is 1. The molecule has 1 amide bonds. The second kappa shape index (κ2) is 6.31. The SMILES string of the molecule is Cn1c(=O)c2c(ncn2CC(=O)Nc2ccc3c(c2)OCCO3)n(C)c1=O. The Bertz CT molecular complexity index is 1170. The Morgan fingerprint density at radius 1 is 1.15 bits per heavy atom. The van der Waals surface area contributed by atoms with E-state index in [1.165, 1.54) is 29.6 Å². The van der Waals surface area contributed by atoms with E-state index < -0.39 is 11.2 Å². The van der Waals surface area contributed by atoms with Gasteiger partial charge < -0.3 is 19.4 Å². The lowest BCUT2D eigenvalue weighted by atomic mass is 10.2. The number of anilines is 1. The van der Waals surface area contributed by atoms with E-state index in [1.54, 1.807) is 18.2 Å². The molecule has 1 aliphatic rings. The van der Waals surface area contributed by atoms with Gasteiger partial charge in [-0.15, -0.1) is 0 Å². The highest BCUT2D eigenvalue weighted by molar-refractivity contribution is 5.91. The molecule has 0 bridgehead atoms. The predicted octanol–water partition coefficient (Wildman–Crippen LogP) is -0.156. The third-order valence-corrected chi connectivity index (χ3v) is 4.36. The van der Waals surface area contributed by atoms with Crippen molar-refractivity contribution in [2.24, 2.45) is 14.1 Å². The van der Waals surface area contributed by atoms with Gasteiger partial charge in [0.25, 0.3) is 5.56 Å². The smallest absolute Gasteiger partial charge is 0.332 e. The van der Waals surface area contributed by atoms with E-state index in [4.69, 9.17) is 9.47 Å². The second-order valence-corrected chi connectivity index (χ2v) is 6.16. The number of imidazole rings is 1. The normalized spacial score (nSPS) is 13.0. The van der Waals surface area contributed by atoms with E-state index >= 15 is 0 Å². The fourth-order valence-corrected chi connectivity index (χ4v) is 2.99. The minimum absolute atomic E-state index is 0.127. The average Bonchev–Trinajstić information content (AvgIpc) is 3.08. The molecular formula is C17H17N5O5. The van der Waals surface area contributed by atoms with Crippen LogP contribution in [0.3, 0.4) is 0 Å². The Morgan fingerprint density at radius 3 is 2.67 bits per heavy atom. The molecule has 3 heterocycles.